The lowest BCUT2D eigenvalue weighted by Gasteiger charge is -2.22. The Balaban J connectivity index is 2.65. The fourth-order valence-electron chi connectivity index (χ4n) is 1.79. The largest absolute Gasteiger partial charge is 0.393 e. The van der Waals surface area contributed by atoms with Gasteiger partial charge >= 0.3 is 0 Å². The number of rotatable bonds is 7. The first kappa shape index (κ1) is 16.3. The standard InChI is InChI=1S/C15H25ClN2O/c1-11(2)17-10-13-5-6-15(14(16)9-13)18(4)8-7-12(3)19/h5-6,9,11-12,17,19H,7-8,10H2,1-4H3. The molecule has 0 spiro atoms. The van der Waals surface area contributed by atoms with E-state index in [1.165, 1.54) is 5.56 Å². The van der Waals surface area contributed by atoms with E-state index >= 15 is 0 Å². The Morgan fingerprint density at radius 1 is 1.32 bits per heavy atom. The van der Waals surface area contributed by atoms with Gasteiger partial charge in [-0.15, -0.1) is 0 Å². The van der Waals surface area contributed by atoms with E-state index in [1.807, 2.05) is 19.2 Å². The zero-order chi connectivity index (χ0) is 14.4. The van der Waals surface area contributed by atoms with Crippen molar-refractivity contribution in [2.45, 2.75) is 45.9 Å². The van der Waals surface area contributed by atoms with Gasteiger partial charge in [0.2, 0.25) is 0 Å². The summed E-state index contributed by atoms with van der Waals surface area (Å²) in [7, 11) is 2.00. The summed E-state index contributed by atoms with van der Waals surface area (Å²) in [6, 6.07) is 6.61. The molecule has 3 nitrogen and oxygen atoms in total. The Bertz CT molecular complexity index is 394. The molecule has 0 saturated carbocycles. The average molecular weight is 285 g/mol. The zero-order valence-corrected chi connectivity index (χ0v) is 13.0. The molecule has 4 heteroatoms. The smallest absolute Gasteiger partial charge is 0.0642 e. The van der Waals surface area contributed by atoms with Crippen LogP contribution in [-0.2, 0) is 6.54 Å². The Kier molecular flexibility index (Phi) is 6.63. The first-order valence-electron chi connectivity index (χ1n) is 6.81. The first-order valence-corrected chi connectivity index (χ1v) is 7.19. The van der Waals surface area contributed by atoms with E-state index in [-0.39, 0.29) is 6.10 Å². The molecular weight excluding hydrogens is 260 g/mol. The summed E-state index contributed by atoms with van der Waals surface area (Å²) < 4.78 is 0. The van der Waals surface area contributed by atoms with Crippen molar-refractivity contribution in [3.63, 3.8) is 0 Å². The predicted molar refractivity (Wildman–Crippen MR) is 83.0 cm³/mol. The van der Waals surface area contributed by atoms with Gasteiger partial charge < -0.3 is 15.3 Å². The molecule has 0 aromatic heterocycles. The van der Waals surface area contributed by atoms with Crippen molar-refractivity contribution in [2.75, 3.05) is 18.5 Å². The maximum atomic E-state index is 9.32. The number of nitrogens with one attached hydrogen (secondary N) is 1. The van der Waals surface area contributed by atoms with Crippen LogP contribution in [0.1, 0.15) is 32.8 Å². The fraction of sp³-hybridized carbons (Fsp3) is 0.600. The van der Waals surface area contributed by atoms with Crippen molar-refractivity contribution < 1.29 is 5.11 Å². The number of nitrogens with zero attached hydrogens (tertiary/aromatic N) is 1. The maximum absolute atomic E-state index is 9.32. The van der Waals surface area contributed by atoms with Crippen LogP contribution in [0.2, 0.25) is 5.02 Å². The lowest BCUT2D eigenvalue weighted by atomic mass is 10.1. The molecule has 19 heavy (non-hydrogen) atoms. The SMILES string of the molecule is CC(O)CCN(C)c1ccc(CNC(C)C)cc1Cl. The number of anilines is 1. The van der Waals surface area contributed by atoms with Crippen LogP contribution in [0.15, 0.2) is 18.2 Å². The molecule has 0 aliphatic rings. The number of aliphatic hydroxyl groups excluding tert-OH is 1. The molecule has 2 N–H and O–H groups in total. The molecule has 0 amide bonds. The van der Waals surface area contributed by atoms with E-state index in [0.717, 1.165) is 30.2 Å². The second-order valence-corrected chi connectivity index (χ2v) is 5.79. The Morgan fingerprint density at radius 2 is 2.00 bits per heavy atom. The fourth-order valence-corrected chi connectivity index (χ4v) is 2.14. The summed E-state index contributed by atoms with van der Waals surface area (Å²) in [6.45, 7) is 7.67. The van der Waals surface area contributed by atoms with Gasteiger partial charge in [0.15, 0.2) is 0 Å². The number of hydrogen-bond acceptors (Lipinski definition) is 3. The molecule has 1 rings (SSSR count). The van der Waals surface area contributed by atoms with Gasteiger partial charge in [0.25, 0.3) is 0 Å². The van der Waals surface area contributed by atoms with E-state index in [0.29, 0.717) is 6.04 Å². The summed E-state index contributed by atoms with van der Waals surface area (Å²) in [5.41, 5.74) is 2.20. The molecule has 1 aromatic carbocycles. The predicted octanol–water partition coefficient (Wildman–Crippen LogP) is 3.05. The quantitative estimate of drug-likeness (QED) is 0.808. The molecular formula is C15H25ClN2O. The number of hydrogen-bond donors (Lipinski definition) is 2. The summed E-state index contributed by atoms with van der Waals surface area (Å²) in [5.74, 6) is 0. The molecule has 0 aliphatic carbocycles. The minimum absolute atomic E-state index is 0.282. The molecule has 0 radical (unpaired) electrons. The maximum Gasteiger partial charge on any atom is 0.0642 e. The number of aliphatic hydroxyl groups is 1. The minimum Gasteiger partial charge on any atom is -0.393 e. The van der Waals surface area contributed by atoms with Crippen molar-refractivity contribution in [1.82, 2.24) is 5.32 Å². The van der Waals surface area contributed by atoms with E-state index in [1.54, 1.807) is 6.92 Å². The highest BCUT2D eigenvalue weighted by atomic mass is 35.5. The molecule has 1 atom stereocenters. The topological polar surface area (TPSA) is 35.5 Å². The van der Waals surface area contributed by atoms with Crippen LogP contribution in [0, 0.1) is 0 Å². The first-order chi connectivity index (χ1) is 8.90. The van der Waals surface area contributed by atoms with Gasteiger partial charge in [-0.25, -0.2) is 0 Å². The van der Waals surface area contributed by atoms with Crippen molar-refractivity contribution in [3.8, 4) is 0 Å². The van der Waals surface area contributed by atoms with Crippen molar-refractivity contribution >= 4 is 17.3 Å². The van der Waals surface area contributed by atoms with Crippen molar-refractivity contribution in [1.29, 1.82) is 0 Å². The summed E-state index contributed by atoms with van der Waals surface area (Å²) >= 11 is 6.32. The molecule has 1 aromatic rings. The van der Waals surface area contributed by atoms with Crippen LogP contribution in [0.3, 0.4) is 0 Å². The minimum atomic E-state index is -0.282. The second-order valence-electron chi connectivity index (χ2n) is 5.38. The van der Waals surface area contributed by atoms with Crippen LogP contribution >= 0.6 is 11.6 Å². The third-order valence-electron chi connectivity index (χ3n) is 3.02. The molecule has 1 unspecified atom stereocenters. The van der Waals surface area contributed by atoms with Gasteiger partial charge in [0.1, 0.15) is 0 Å². The van der Waals surface area contributed by atoms with Gasteiger partial charge in [-0.2, -0.15) is 0 Å². The Hall–Kier alpha value is -0.770. The molecule has 0 heterocycles. The molecule has 0 fully saturated rings. The molecule has 108 valence electrons. The average Bonchev–Trinajstić information content (AvgIpc) is 2.33. The van der Waals surface area contributed by atoms with Gasteiger partial charge in [0, 0.05) is 26.2 Å². The summed E-state index contributed by atoms with van der Waals surface area (Å²) in [6.07, 6.45) is 0.458. The highest BCUT2D eigenvalue weighted by molar-refractivity contribution is 6.33. The normalized spacial score (nSPS) is 12.8. The van der Waals surface area contributed by atoms with Crippen LogP contribution in [0.4, 0.5) is 5.69 Å². The lowest BCUT2D eigenvalue weighted by Crippen LogP contribution is -2.23. The van der Waals surface area contributed by atoms with Gasteiger partial charge in [0.05, 0.1) is 16.8 Å². The molecule has 0 saturated heterocycles. The number of halogens is 1. The second kappa shape index (κ2) is 7.73. The van der Waals surface area contributed by atoms with Crippen LogP contribution in [-0.4, -0.2) is 30.8 Å². The third-order valence-corrected chi connectivity index (χ3v) is 3.32. The van der Waals surface area contributed by atoms with Gasteiger partial charge in [-0.05, 0) is 31.0 Å². The highest BCUT2D eigenvalue weighted by Gasteiger charge is 2.08. The zero-order valence-electron chi connectivity index (χ0n) is 12.3. The van der Waals surface area contributed by atoms with E-state index in [9.17, 15) is 5.11 Å². The monoisotopic (exact) mass is 284 g/mol. The highest BCUT2D eigenvalue weighted by Crippen LogP contribution is 2.26. The summed E-state index contributed by atoms with van der Waals surface area (Å²) in [4.78, 5) is 2.08. The Morgan fingerprint density at radius 3 is 2.53 bits per heavy atom. The van der Waals surface area contributed by atoms with Crippen molar-refractivity contribution in [2.24, 2.45) is 0 Å². The Labute approximate surface area is 121 Å². The van der Waals surface area contributed by atoms with Crippen LogP contribution in [0.5, 0.6) is 0 Å². The van der Waals surface area contributed by atoms with Gasteiger partial charge in [-0.1, -0.05) is 31.5 Å². The van der Waals surface area contributed by atoms with Gasteiger partial charge in [-0.3, -0.25) is 0 Å². The van der Waals surface area contributed by atoms with E-state index in [2.05, 4.69) is 30.1 Å². The van der Waals surface area contributed by atoms with Crippen LogP contribution < -0.4 is 10.2 Å². The third kappa shape index (κ3) is 5.81. The number of benzene rings is 1. The van der Waals surface area contributed by atoms with Crippen LogP contribution in [0.25, 0.3) is 0 Å². The summed E-state index contributed by atoms with van der Waals surface area (Å²) in [5, 5.41) is 13.4. The lowest BCUT2D eigenvalue weighted by molar-refractivity contribution is 0.187. The van der Waals surface area contributed by atoms with Crippen molar-refractivity contribution in [3.05, 3.63) is 28.8 Å². The van der Waals surface area contributed by atoms with E-state index < -0.39 is 0 Å². The molecule has 0 aliphatic heterocycles. The van der Waals surface area contributed by atoms with E-state index in [4.69, 9.17) is 11.6 Å². The molecule has 0 bridgehead atoms.